The number of carbonyl (C=O) groups is 1. The standard InChI is InChI=1S/C15H16FNO3/c1-10(12-5-3-4-6-13(12)16)7-15(18)19-9-14-17-8-11(2)20-14/h3-6,8,10H,7,9H2,1-2H3/t10-/m0/s1. The molecule has 0 amide bonds. The molecule has 0 bridgehead atoms. The van der Waals surface area contributed by atoms with E-state index in [1.165, 1.54) is 6.07 Å². The van der Waals surface area contributed by atoms with Crippen LogP contribution < -0.4 is 0 Å². The summed E-state index contributed by atoms with van der Waals surface area (Å²) in [5.74, 6) is 0.0629. The zero-order valence-electron chi connectivity index (χ0n) is 11.4. The second-order valence-electron chi connectivity index (χ2n) is 4.65. The van der Waals surface area contributed by atoms with Crippen LogP contribution in [0.3, 0.4) is 0 Å². The molecule has 0 fully saturated rings. The highest BCUT2D eigenvalue weighted by atomic mass is 19.1. The van der Waals surface area contributed by atoms with E-state index >= 15 is 0 Å². The van der Waals surface area contributed by atoms with Gasteiger partial charge in [0.05, 0.1) is 12.6 Å². The van der Waals surface area contributed by atoms with E-state index in [1.54, 1.807) is 38.2 Å². The number of aryl methyl sites for hydroxylation is 1. The van der Waals surface area contributed by atoms with E-state index in [1.807, 2.05) is 0 Å². The lowest BCUT2D eigenvalue weighted by Gasteiger charge is -2.11. The Labute approximate surface area is 116 Å². The van der Waals surface area contributed by atoms with E-state index in [0.717, 1.165) is 0 Å². The van der Waals surface area contributed by atoms with Gasteiger partial charge in [-0.1, -0.05) is 25.1 Å². The highest BCUT2D eigenvalue weighted by Crippen LogP contribution is 2.22. The van der Waals surface area contributed by atoms with Gasteiger partial charge in [0.15, 0.2) is 6.61 Å². The predicted molar refractivity (Wildman–Crippen MR) is 70.5 cm³/mol. The van der Waals surface area contributed by atoms with Crippen LogP contribution in [0.2, 0.25) is 0 Å². The number of halogens is 1. The van der Waals surface area contributed by atoms with Crippen molar-refractivity contribution in [3.63, 3.8) is 0 Å². The van der Waals surface area contributed by atoms with Crippen LogP contribution in [0.25, 0.3) is 0 Å². The first-order chi connectivity index (χ1) is 9.56. The van der Waals surface area contributed by atoms with E-state index in [9.17, 15) is 9.18 Å². The second kappa shape index (κ2) is 6.32. The van der Waals surface area contributed by atoms with E-state index < -0.39 is 5.97 Å². The smallest absolute Gasteiger partial charge is 0.306 e. The number of hydrogen-bond donors (Lipinski definition) is 0. The van der Waals surface area contributed by atoms with Crippen molar-refractivity contribution >= 4 is 5.97 Å². The lowest BCUT2D eigenvalue weighted by Crippen LogP contribution is -2.09. The third-order valence-electron chi connectivity index (χ3n) is 2.93. The van der Waals surface area contributed by atoms with E-state index in [4.69, 9.17) is 9.15 Å². The first-order valence-electron chi connectivity index (χ1n) is 6.37. The number of carbonyl (C=O) groups excluding carboxylic acids is 1. The molecule has 0 saturated heterocycles. The third kappa shape index (κ3) is 3.66. The zero-order chi connectivity index (χ0) is 14.5. The molecule has 1 aromatic heterocycles. The summed E-state index contributed by atoms with van der Waals surface area (Å²) in [4.78, 5) is 15.6. The van der Waals surface area contributed by atoms with Gasteiger partial charge < -0.3 is 9.15 Å². The van der Waals surface area contributed by atoms with Crippen LogP contribution in [0.1, 0.15) is 36.5 Å². The molecule has 0 aliphatic rings. The van der Waals surface area contributed by atoms with Crippen molar-refractivity contribution in [2.45, 2.75) is 32.8 Å². The van der Waals surface area contributed by atoms with E-state index in [0.29, 0.717) is 17.2 Å². The molecule has 20 heavy (non-hydrogen) atoms. The molecule has 1 heterocycles. The minimum Gasteiger partial charge on any atom is -0.456 e. The molecule has 4 nitrogen and oxygen atoms in total. The Morgan fingerprint density at radius 1 is 1.45 bits per heavy atom. The summed E-state index contributed by atoms with van der Waals surface area (Å²) in [6, 6.07) is 6.42. The van der Waals surface area contributed by atoms with Crippen LogP contribution in [0, 0.1) is 12.7 Å². The number of aromatic nitrogens is 1. The number of rotatable bonds is 5. The summed E-state index contributed by atoms with van der Waals surface area (Å²) >= 11 is 0. The molecule has 0 saturated carbocycles. The summed E-state index contributed by atoms with van der Waals surface area (Å²) in [7, 11) is 0. The van der Waals surface area contributed by atoms with Crippen molar-refractivity contribution in [3.05, 3.63) is 53.5 Å². The Bertz CT molecular complexity index is 594. The average molecular weight is 277 g/mol. The highest BCUT2D eigenvalue weighted by Gasteiger charge is 2.16. The SMILES string of the molecule is Cc1cnc(COC(=O)C[C@H](C)c2ccccc2F)o1. The molecule has 2 rings (SSSR count). The molecular weight excluding hydrogens is 261 g/mol. The Morgan fingerprint density at radius 3 is 2.85 bits per heavy atom. The number of benzene rings is 1. The number of oxazole rings is 1. The van der Waals surface area contributed by atoms with E-state index in [2.05, 4.69) is 4.98 Å². The number of ether oxygens (including phenoxy) is 1. The number of hydrogen-bond acceptors (Lipinski definition) is 4. The molecule has 0 aliphatic heterocycles. The summed E-state index contributed by atoms with van der Waals surface area (Å²) < 4.78 is 23.8. The van der Waals surface area contributed by atoms with Crippen molar-refractivity contribution in [1.29, 1.82) is 0 Å². The number of nitrogens with zero attached hydrogens (tertiary/aromatic N) is 1. The summed E-state index contributed by atoms with van der Waals surface area (Å²) in [6.07, 6.45) is 1.67. The molecule has 0 unspecified atom stereocenters. The second-order valence-corrected chi connectivity index (χ2v) is 4.65. The highest BCUT2D eigenvalue weighted by molar-refractivity contribution is 5.70. The minimum atomic E-state index is -0.406. The molecule has 1 aromatic carbocycles. The Morgan fingerprint density at radius 2 is 2.20 bits per heavy atom. The van der Waals surface area contributed by atoms with Crippen LogP contribution >= 0.6 is 0 Å². The van der Waals surface area contributed by atoms with Gasteiger partial charge in [0.1, 0.15) is 11.6 Å². The fraction of sp³-hybridized carbons (Fsp3) is 0.333. The third-order valence-corrected chi connectivity index (χ3v) is 2.93. The first kappa shape index (κ1) is 14.2. The van der Waals surface area contributed by atoms with Crippen LogP contribution in [-0.2, 0) is 16.1 Å². The minimum absolute atomic E-state index is 0.00331. The molecule has 0 radical (unpaired) electrons. The maximum absolute atomic E-state index is 13.6. The maximum Gasteiger partial charge on any atom is 0.306 e. The van der Waals surface area contributed by atoms with Crippen molar-refractivity contribution in [2.24, 2.45) is 0 Å². The molecule has 106 valence electrons. The lowest BCUT2D eigenvalue weighted by molar-refractivity contribution is -0.146. The topological polar surface area (TPSA) is 52.3 Å². The van der Waals surface area contributed by atoms with E-state index in [-0.39, 0.29) is 24.8 Å². The van der Waals surface area contributed by atoms with Crippen LogP contribution in [-0.4, -0.2) is 11.0 Å². The normalized spacial score (nSPS) is 12.2. The molecule has 1 atom stereocenters. The molecule has 0 N–H and O–H groups in total. The van der Waals surface area contributed by atoms with Gasteiger partial charge in [-0.3, -0.25) is 4.79 Å². The summed E-state index contributed by atoms with van der Waals surface area (Å²) in [5.41, 5.74) is 0.511. The van der Waals surface area contributed by atoms with Crippen molar-refractivity contribution < 1.29 is 18.3 Å². The van der Waals surface area contributed by atoms with Crippen LogP contribution in [0.15, 0.2) is 34.9 Å². The van der Waals surface area contributed by atoms with Crippen molar-refractivity contribution in [1.82, 2.24) is 4.98 Å². The largest absolute Gasteiger partial charge is 0.456 e. The van der Waals surface area contributed by atoms with Crippen molar-refractivity contribution in [3.8, 4) is 0 Å². The average Bonchev–Trinajstić information content (AvgIpc) is 2.82. The van der Waals surface area contributed by atoms with Gasteiger partial charge in [-0.05, 0) is 24.5 Å². The van der Waals surface area contributed by atoms with Gasteiger partial charge in [0.25, 0.3) is 0 Å². The molecule has 0 aliphatic carbocycles. The van der Waals surface area contributed by atoms with Crippen LogP contribution in [0.5, 0.6) is 0 Å². The van der Waals surface area contributed by atoms with Gasteiger partial charge >= 0.3 is 5.97 Å². The summed E-state index contributed by atoms with van der Waals surface area (Å²) in [5, 5.41) is 0. The maximum atomic E-state index is 13.6. The number of esters is 1. The predicted octanol–water partition coefficient (Wildman–Crippen LogP) is 3.36. The Hall–Kier alpha value is -2.17. The fourth-order valence-electron chi connectivity index (χ4n) is 1.90. The van der Waals surface area contributed by atoms with Gasteiger partial charge in [-0.2, -0.15) is 0 Å². The van der Waals surface area contributed by atoms with Crippen molar-refractivity contribution in [2.75, 3.05) is 0 Å². The molecular formula is C15H16FNO3. The monoisotopic (exact) mass is 277 g/mol. The molecule has 0 spiro atoms. The fourth-order valence-corrected chi connectivity index (χ4v) is 1.90. The summed E-state index contributed by atoms with van der Waals surface area (Å²) in [6.45, 7) is 3.55. The quantitative estimate of drug-likeness (QED) is 0.786. The van der Waals surface area contributed by atoms with Crippen LogP contribution in [0.4, 0.5) is 4.39 Å². The Kier molecular flexibility index (Phi) is 4.50. The Balaban J connectivity index is 1.87. The first-order valence-corrected chi connectivity index (χ1v) is 6.37. The van der Waals surface area contributed by atoms with Gasteiger partial charge in [-0.25, -0.2) is 9.37 Å². The van der Waals surface area contributed by atoms with Gasteiger partial charge in [0, 0.05) is 0 Å². The molecule has 5 heteroatoms. The molecule has 2 aromatic rings. The zero-order valence-corrected chi connectivity index (χ0v) is 11.4. The van der Waals surface area contributed by atoms with Gasteiger partial charge in [0.2, 0.25) is 5.89 Å². The lowest BCUT2D eigenvalue weighted by atomic mass is 9.97. The van der Waals surface area contributed by atoms with Gasteiger partial charge in [-0.15, -0.1) is 0 Å².